The molecule has 2 aromatic carbocycles. The number of nitrogens with zero attached hydrogens (tertiary/aromatic N) is 5. The predicted molar refractivity (Wildman–Crippen MR) is 136 cm³/mol. The third-order valence-electron chi connectivity index (χ3n) is 6.50. The lowest BCUT2D eigenvalue weighted by Gasteiger charge is -2.31. The summed E-state index contributed by atoms with van der Waals surface area (Å²) in [4.78, 5) is 29.3. The average Bonchev–Trinajstić information content (AvgIpc) is 3.36. The number of hydrogen-bond donors (Lipinski definition) is 1. The molecular formula is C26H31ClN6O3. The Labute approximate surface area is 215 Å². The summed E-state index contributed by atoms with van der Waals surface area (Å²) in [6.07, 6.45) is 5.34. The van der Waals surface area contributed by atoms with Crippen molar-refractivity contribution in [1.29, 1.82) is 0 Å². The fourth-order valence-corrected chi connectivity index (χ4v) is 4.53. The number of nitrogens with one attached hydrogen (secondary N) is 1. The van der Waals surface area contributed by atoms with Crippen LogP contribution in [0.5, 0.6) is 5.75 Å². The van der Waals surface area contributed by atoms with Crippen LogP contribution in [-0.4, -0.2) is 56.1 Å². The van der Waals surface area contributed by atoms with Gasteiger partial charge < -0.3 is 15.0 Å². The monoisotopic (exact) mass is 510 g/mol. The summed E-state index contributed by atoms with van der Waals surface area (Å²) in [6, 6.07) is 14.0. The normalized spacial score (nSPS) is 14.8. The largest absolute Gasteiger partial charge is 0.497 e. The third-order valence-corrected chi connectivity index (χ3v) is 6.86. The number of tetrazole rings is 1. The fourth-order valence-electron chi connectivity index (χ4n) is 4.34. The summed E-state index contributed by atoms with van der Waals surface area (Å²) in [6.45, 7) is 1.77. The molecule has 1 N–H and O–H groups in total. The Morgan fingerprint density at radius 1 is 1.14 bits per heavy atom. The van der Waals surface area contributed by atoms with Crippen LogP contribution in [0.15, 0.2) is 48.5 Å². The molecule has 190 valence electrons. The van der Waals surface area contributed by atoms with E-state index in [1.54, 1.807) is 32.2 Å². The van der Waals surface area contributed by atoms with E-state index in [2.05, 4.69) is 20.7 Å². The van der Waals surface area contributed by atoms with Gasteiger partial charge in [-0.1, -0.05) is 49.1 Å². The lowest BCUT2D eigenvalue weighted by atomic mass is 9.95. The summed E-state index contributed by atoms with van der Waals surface area (Å²) in [7, 11) is 1.60. The molecule has 1 aliphatic rings. The summed E-state index contributed by atoms with van der Waals surface area (Å²) in [5.74, 6) is 0.635. The van der Waals surface area contributed by atoms with Gasteiger partial charge in [-0.15, -0.1) is 10.2 Å². The molecule has 0 radical (unpaired) electrons. The van der Waals surface area contributed by atoms with Crippen molar-refractivity contribution in [2.24, 2.45) is 0 Å². The molecule has 0 saturated heterocycles. The summed E-state index contributed by atoms with van der Waals surface area (Å²) in [5, 5.41) is 16.2. The highest BCUT2D eigenvalue weighted by molar-refractivity contribution is 6.31. The zero-order chi connectivity index (χ0) is 25.5. The third kappa shape index (κ3) is 6.40. The van der Waals surface area contributed by atoms with E-state index in [0.29, 0.717) is 10.8 Å². The molecule has 1 heterocycles. The van der Waals surface area contributed by atoms with Gasteiger partial charge in [0.2, 0.25) is 17.6 Å². The molecular weight excluding hydrogens is 480 g/mol. The number of carbonyl (C=O) groups excluding carboxylic acids is 2. The van der Waals surface area contributed by atoms with E-state index < -0.39 is 6.04 Å². The minimum atomic E-state index is -0.694. The van der Waals surface area contributed by atoms with E-state index in [1.165, 1.54) is 16.1 Å². The average molecular weight is 511 g/mol. The first kappa shape index (κ1) is 25.6. The van der Waals surface area contributed by atoms with E-state index in [-0.39, 0.29) is 30.9 Å². The predicted octanol–water partition coefficient (Wildman–Crippen LogP) is 3.87. The number of methoxy groups -OCH3 is 1. The molecule has 3 aromatic rings. The lowest BCUT2D eigenvalue weighted by molar-refractivity contribution is -0.141. The van der Waals surface area contributed by atoms with Gasteiger partial charge in [-0.2, -0.15) is 4.80 Å². The van der Waals surface area contributed by atoms with Crippen LogP contribution >= 0.6 is 11.6 Å². The first-order valence-electron chi connectivity index (χ1n) is 12.2. The highest BCUT2D eigenvalue weighted by Gasteiger charge is 2.29. The van der Waals surface area contributed by atoms with Crippen molar-refractivity contribution >= 4 is 23.4 Å². The molecule has 2 amide bonds. The van der Waals surface area contributed by atoms with Crippen molar-refractivity contribution in [2.75, 3.05) is 7.11 Å². The fraction of sp³-hybridized carbons (Fsp3) is 0.423. The van der Waals surface area contributed by atoms with Gasteiger partial charge in [-0.25, -0.2) is 0 Å². The maximum atomic E-state index is 13.5. The molecule has 4 rings (SSSR count). The molecule has 1 fully saturated rings. The quantitative estimate of drug-likeness (QED) is 0.469. The Kier molecular flexibility index (Phi) is 8.53. The van der Waals surface area contributed by atoms with Gasteiger partial charge in [0, 0.05) is 23.2 Å². The van der Waals surface area contributed by atoms with Crippen LogP contribution in [0.2, 0.25) is 5.02 Å². The van der Waals surface area contributed by atoms with Crippen molar-refractivity contribution in [1.82, 2.24) is 30.4 Å². The van der Waals surface area contributed by atoms with Gasteiger partial charge in [0.1, 0.15) is 18.3 Å². The first-order chi connectivity index (χ1) is 17.4. The van der Waals surface area contributed by atoms with E-state index in [4.69, 9.17) is 16.3 Å². The summed E-state index contributed by atoms with van der Waals surface area (Å²) >= 11 is 6.38. The number of ether oxygens (including phenoxy) is 1. The molecule has 9 nitrogen and oxygen atoms in total. The Morgan fingerprint density at radius 2 is 1.86 bits per heavy atom. The number of aromatic nitrogens is 4. The zero-order valence-electron chi connectivity index (χ0n) is 20.6. The second kappa shape index (κ2) is 12.0. The van der Waals surface area contributed by atoms with Crippen LogP contribution < -0.4 is 10.1 Å². The highest BCUT2D eigenvalue weighted by atomic mass is 35.5. The van der Waals surface area contributed by atoms with Crippen LogP contribution in [0.3, 0.4) is 0 Å². The van der Waals surface area contributed by atoms with Crippen LogP contribution in [-0.2, 0) is 22.7 Å². The second-order valence-corrected chi connectivity index (χ2v) is 9.41. The SMILES string of the molecule is COc1ccc(-c2nnn(CC(=O)N(Cc3ccccc3Cl)[C@H](C)C(=O)NC3CCCCC3)n2)cc1. The van der Waals surface area contributed by atoms with E-state index in [1.807, 2.05) is 30.3 Å². The summed E-state index contributed by atoms with van der Waals surface area (Å²) in [5.41, 5.74) is 1.51. The van der Waals surface area contributed by atoms with E-state index >= 15 is 0 Å². The first-order valence-corrected chi connectivity index (χ1v) is 12.6. The van der Waals surface area contributed by atoms with Crippen LogP contribution in [0.25, 0.3) is 11.4 Å². The van der Waals surface area contributed by atoms with Gasteiger partial charge in [-0.3, -0.25) is 9.59 Å². The topological polar surface area (TPSA) is 102 Å². The molecule has 0 unspecified atom stereocenters. The number of hydrogen-bond acceptors (Lipinski definition) is 6. The van der Waals surface area contributed by atoms with Gasteiger partial charge >= 0.3 is 0 Å². The smallest absolute Gasteiger partial charge is 0.247 e. The molecule has 1 saturated carbocycles. The molecule has 10 heteroatoms. The number of carbonyl (C=O) groups is 2. The van der Waals surface area contributed by atoms with Crippen molar-refractivity contribution in [3.63, 3.8) is 0 Å². The van der Waals surface area contributed by atoms with Crippen LogP contribution in [0, 0.1) is 0 Å². The van der Waals surface area contributed by atoms with Crippen molar-refractivity contribution in [2.45, 2.75) is 64.2 Å². The molecule has 1 atom stereocenters. The van der Waals surface area contributed by atoms with E-state index in [9.17, 15) is 9.59 Å². The summed E-state index contributed by atoms with van der Waals surface area (Å²) < 4.78 is 5.18. The molecule has 36 heavy (non-hydrogen) atoms. The number of amides is 2. The Morgan fingerprint density at radius 3 is 2.56 bits per heavy atom. The van der Waals surface area contributed by atoms with Crippen molar-refractivity contribution < 1.29 is 14.3 Å². The minimum absolute atomic E-state index is 0.148. The highest BCUT2D eigenvalue weighted by Crippen LogP contribution is 2.21. The Hall–Kier alpha value is -3.46. The molecule has 1 aromatic heterocycles. The maximum absolute atomic E-state index is 13.5. The van der Waals surface area contributed by atoms with Gasteiger partial charge in [-0.05, 0) is 60.9 Å². The van der Waals surface area contributed by atoms with Gasteiger partial charge in [0.25, 0.3) is 0 Å². The number of rotatable bonds is 9. The zero-order valence-corrected chi connectivity index (χ0v) is 21.3. The molecule has 0 aliphatic heterocycles. The van der Waals surface area contributed by atoms with Crippen molar-refractivity contribution in [3.8, 4) is 17.1 Å². The molecule has 1 aliphatic carbocycles. The standard InChI is InChI=1S/C26H31ClN6O3/c1-18(26(35)28-21-9-4-3-5-10-21)32(16-20-8-6-7-11-23(20)27)24(34)17-33-30-25(29-31-33)19-12-14-22(36-2)15-13-19/h6-8,11-15,18,21H,3-5,9-10,16-17H2,1-2H3,(H,28,35)/t18-/m1/s1. The van der Waals surface area contributed by atoms with Crippen LogP contribution in [0.4, 0.5) is 0 Å². The van der Waals surface area contributed by atoms with E-state index in [0.717, 1.165) is 42.6 Å². The number of halogens is 1. The van der Waals surface area contributed by atoms with Crippen molar-refractivity contribution in [3.05, 3.63) is 59.1 Å². The Balaban J connectivity index is 1.50. The maximum Gasteiger partial charge on any atom is 0.247 e. The number of benzene rings is 2. The van der Waals surface area contributed by atoms with Gasteiger partial charge in [0.05, 0.1) is 7.11 Å². The second-order valence-electron chi connectivity index (χ2n) is 9.00. The molecule has 0 bridgehead atoms. The molecule has 0 spiro atoms. The van der Waals surface area contributed by atoms with Gasteiger partial charge in [0.15, 0.2) is 0 Å². The van der Waals surface area contributed by atoms with Crippen LogP contribution in [0.1, 0.15) is 44.6 Å². The Bertz CT molecular complexity index is 1180. The lowest BCUT2D eigenvalue weighted by Crippen LogP contribution is -2.51. The minimum Gasteiger partial charge on any atom is -0.497 e.